The number of hydrogen-bond donors (Lipinski definition) is 1. The van der Waals surface area contributed by atoms with E-state index in [1.54, 1.807) is 0 Å². The molecule has 0 unspecified atom stereocenters. The Bertz CT molecular complexity index is 259. The van der Waals surface area contributed by atoms with E-state index in [1.807, 2.05) is 0 Å². The molecule has 80 valence electrons. The molecule has 4 atom stereocenters. The maximum absolute atomic E-state index is 9.53. The lowest BCUT2D eigenvalue weighted by Gasteiger charge is -2.49. The van der Waals surface area contributed by atoms with E-state index in [0.29, 0.717) is 24.5 Å². The Morgan fingerprint density at radius 3 is 2.93 bits per heavy atom. The van der Waals surface area contributed by atoms with Crippen LogP contribution in [0, 0.1) is 17.3 Å². The van der Waals surface area contributed by atoms with Crippen LogP contribution < -0.4 is 0 Å². The highest BCUT2D eigenvalue weighted by molar-refractivity contribution is 5.17. The first-order chi connectivity index (χ1) is 6.59. The minimum Gasteiger partial charge on any atom is -0.396 e. The van der Waals surface area contributed by atoms with Crippen LogP contribution in [0.3, 0.4) is 0 Å². The predicted molar refractivity (Wildman–Crippen MR) is 56.0 cm³/mol. The van der Waals surface area contributed by atoms with Gasteiger partial charge >= 0.3 is 0 Å². The maximum Gasteiger partial charge on any atom is 0.0612 e. The monoisotopic (exact) mass is 196 g/mol. The van der Waals surface area contributed by atoms with Gasteiger partial charge in [-0.15, -0.1) is 0 Å². The summed E-state index contributed by atoms with van der Waals surface area (Å²) in [6, 6.07) is 0. The SMILES string of the molecule is CC1=C[C@H](C)[C@@]2(CO)CO[C@H](C)[C@H]1C2. The second-order valence-corrected chi connectivity index (χ2v) is 5.05. The van der Waals surface area contributed by atoms with Crippen LogP contribution in [0.25, 0.3) is 0 Å². The number of aliphatic hydroxyl groups is 1. The smallest absolute Gasteiger partial charge is 0.0612 e. The fourth-order valence-corrected chi connectivity index (χ4v) is 2.87. The van der Waals surface area contributed by atoms with Crippen molar-refractivity contribution in [3.63, 3.8) is 0 Å². The minimum absolute atomic E-state index is 0.00329. The molecule has 2 heteroatoms. The Hall–Kier alpha value is -0.340. The second kappa shape index (κ2) is 3.35. The van der Waals surface area contributed by atoms with Crippen molar-refractivity contribution in [3.05, 3.63) is 11.6 Å². The lowest BCUT2D eigenvalue weighted by atomic mass is 9.63. The number of ether oxygens (including phenoxy) is 1. The van der Waals surface area contributed by atoms with E-state index in [1.165, 1.54) is 5.57 Å². The van der Waals surface area contributed by atoms with Gasteiger partial charge in [0.1, 0.15) is 0 Å². The molecule has 2 aliphatic rings. The Labute approximate surface area is 86.0 Å². The van der Waals surface area contributed by atoms with Gasteiger partial charge in [-0.1, -0.05) is 18.6 Å². The van der Waals surface area contributed by atoms with Crippen LogP contribution in [0.2, 0.25) is 0 Å². The summed E-state index contributed by atoms with van der Waals surface area (Å²) in [5, 5.41) is 9.53. The van der Waals surface area contributed by atoms with Gasteiger partial charge in [-0.3, -0.25) is 0 Å². The van der Waals surface area contributed by atoms with E-state index in [-0.39, 0.29) is 12.0 Å². The lowest BCUT2D eigenvalue weighted by Crippen LogP contribution is -2.49. The van der Waals surface area contributed by atoms with Gasteiger partial charge in [-0.25, -0.2) is 0 Å². The van der Waals surface area contributed by atoms with E-state index in [2.05, 4.69) is 26.8 Å². The third-order valence-corrected chi connectivity index (χ3v) is 4.21. The Morgan fingerprint density at radius 2 is 2.29 bits per heavy atom. The third kappa shape index (κ3) is 1.32. The predicted octanol–water partition coefficient (Wildman–Crippen LogP) is 1.99. The third-order valence-electron chi connectivity index (χ3n) is 4.21. The molecule has 0 saturated carbocycles. The van der Waals surface area contributed by atoms with Crippen LogP contribution in [-0.4, -0.2) is 24.4 Å². The molecule has 2 bridgehead atoms. The van der Waals surface area contributed by atoms with Gasteiger partial charge in [0, 0.05) is 11.3 Å². The van der Waals surface area contributed by atoms with Crippen molar-refractivity contribution in [2.75, 3.05) is 13.2 Å². The zero-order valence-corrected chi connectivity index (χ0v) is 9.29. The summed E-state index contributed by atoms with van der Waals surface area (Å²) in [6.45, 7) is 7.48. The quantitative estimate of drug-likeness (QED) is 0.650. The number of allylic oxidation sites excluding steroid dienone is 1. The minimum atomic E-state index is -0.00329. The average Bonchev–Trinajstić information content (AvgIpc) is 2.17. The number of hydrogen-bond acceptors (Lipinski definition) is 2. The zero-order chi connectivity index (χ0) is 10.3. The zero-order valence-electron chi connectivity index (χ0n) is 9.29. The maximum atomic E-state index is 9.53. The van der Waals surface area contributed by atoms with Crippen LogP contribution in [0.5, 0.6) is 0 Å². The van der Waals surface area contributed by atoms with Gasteiger partial charge < -0.3 is 9.84 Å². The summed E-state index contributed by atoms with van der Waals surface area (Å²) >= 11 is 0. The van der Waals surface area contributed by atoms with Gasteiger partial charge in [0.2, 0.25) is 0 Å². The molecular formula is C12H20O2. The van der Waals surface area contributed by atoms with Crippen LogP contribution in [0.4, 0.5) is 0 Å². The van der Waals surface area contributed by atoms with Crippen LogP contribution in [0.1, 0.15) is 27.2 Å². The number of rotatable bonds is 1. The van der Waals surface area contributed by atoms with Gasteiger partial charge in [-0.05, 0) is 26.2 Å². The molecule has 14 heavy (non-hydrogen) atoms. The largest absolute Gasteiger partial charge is 0.396 e. The van der Waals surface area contributed by atoms with E-state index in [0.717, 1.165) is 6.42 Å². The molecule has 0 aromatic heterocycles. The summed E-state index contributed by atoms with van der Waals surface area (Å²) in [4.78, 5) is 0. The first-order valence-corrected chi connectivity index (χ1v) is 5.50. The van der Waals surface area contributed by atoms with Gasteiger partial charge in [0.25, 0.3) is 0 Å². The van der Waals surface area contributed by atoms with Crippen molar-refractivity contribution < 1.29 is 9.84 Å². The Morgan fingerprint density at radius 1 is 1.57 bits per heavy atom. The highest BCUT2D eigenvalue weighted by Crippen LogP contribution is 2.47. The molecule has 1 N–H and O–H groups in total. The normalized spacial score (nSPS) is 47.4. The summed E-state index contributed by atoms with van der Waals surface area (Å²) in [5.41, 5.74) is 1.44. The molecule has 1 saturated heterocycles. The lowest BCUT2D eigenvalue weighted by molar-refractivity contribution is -0.121. The molecule has 0 spiro atoms. The van der Waals surface area contributed by atoms with Gasteiger partial charge in [0.05, 0.1) is 19.3 Å². The molecule has 0 radical (unpaired) electrons. The van der Waals surface area contributed by atoms with Crippen molar-refractivity contribution in [1.29, 1.82) is 0 Å². The van der Waals surface area contributed by atoms with Crippen LogP contribution >= 0.6 is 0 Å². The highest BCUT2D eigenvalue weighted by Gasteiger charge is 2.46. The molecule has 2 nitrogen and oxygen atoms in total. The van der Waals surface area contributed by atoms with Crippen molar-refractivity contribution in [2.45, 2.75) is 33.3 Å². The van der Waals surface area contributed by atoms with Crippen molar-refractivity contribution in [2.24, 2.45) is 17.3 Å². The fraction of sp³-hybridized carbons (Fsp3) is 0.833. The van der Waals surface area contributed by atoms with Crippen LogP contribution in [-0.2, 0) is 4.74 Å². The number of fused-ring (bicyclic) bond motifs is 2. The van der Waals surface area contributed by atoms with Crippen molar-refractivity contribution in [1.82, 2.24) is 0 Å². The fourth-order valence-electron chi connectivity index (χ4n) is 2.87. The molecule has 0 amide bonds. The highest BCUT2D eigenvalue weighted by atomic mass is 16.5. The van der Waals surface area contributed by atoms with E-state index >= 15 is 0 Å². The molecule has 0 aromatic carbocycles. The van der Waals surface area contributed by atoms with E-state index < -0.39 is 0 Å². The Kier molecular flexibility index (Phi) is 2.44. The van der Waals surface area contributed by atoms with Crippen LogP contribution in [0.15, 0.2) is 11.6 Å². The summed E-state index contributed by atoms with van der Waals surface area (Å²) < 4.78 is 5.78. The summed E-state index contributed by atoms with van der Waals surface area (Å²) in [7, 11) is 0. The van der Waals surface area contributed by atoms with E-state index in [4.69, 9.17) is 4.74 Å². The molecule has 1 aliphatic carbocycles. The topological polar surface area (TPSA) is 29.5 Å². The molecule has 2 rings (SSSR count). The standard InChI is InChI=1S/C12H20O2/c1-8-4-9(2)12(6-13)5-11(8)10(3)14-7-12/h4,9-11,13H,5-7H2,1-3H3/t9-,10+,11-,12-/m0/s1. The Balaban J connectivity index is 2.33. The van der Waals surface area contributed by atoms with Crippen molar-refractivity contribution in [3.8, 4) is 0 Å². The molecule has 1 fully saturated rings. The van der Waals surface area contributed by atoms with E-state index in [9.17, 15) is 5.11 Å². The molecule has 1 aliphatic heterocycles. The van der Waals surface area contributed by atoms with Crippen molar-refractivity contribution >= 4 is 0 Å². The summed E-state index contributed by atoms with van der Waals surface area (Å²) in [5.74, 6) is 0.961. The summed E-state index contributed by atoms with van der Waals surface area (Å²) in [6.07, 6.45) is 3.73. The molecular weight excluding hydrogens is 176 g/mol. The first-order valence-electron chi connectivity index (χ1n) is 5.50. The second-order valence-electron chi connectivity index (χ2n) is 5.05. The van der Waals surface area contributed by atoms with Gasteiger partial charge in [-0.2, -0.15) is 0 Å². The van der Waals surface area contributed by atoms with Gasteiger partial charge in [0.15, 0.2) is 0 Å². The molecule has 1 heterocycles. The number of aliphatic hydroxyl groups excluding tert-OH is 1. The first kappa shape index (κ1) is 10.2. The molecule has 0 aromatic rings. The average molecular weight is 196 g/mol.